The second-order valence-corrected chi connectivity index (χ2v) is 4.97. The summed E-state index contributed by atoms with van der Waals surface area (Å²) in [7, 11) is 0. The Balaban J connectivity index is 2.82. The maximum atomic E-state index is 11.9. The average Bonchev–Trinajstić information content (AvgIpc) is 2.24. The lowest BCUT2D eigenvalue weighted by Crippen LogP contribution is -2.41. The van der Waals surface area contributed by atoms with Crippen molar-refractivity contribution in [2.24, 2.45) is 5.92 Å². The molecule has 0 aliphatic heterocycles. The van der Waals surface area contributed by atoms with Crippen LogP contribution in [0.5, 0.6) is 0 Å². The molecule has 0 saturated carbocycles. The first-order valence-corrected chi connectivity index (χ1v) is 6.08. The summed E-state index contributed by atoms with van der Waals surface area (Å²) in [6, 6.07) is 4.40. The van der Waals surface area contributed by atoms with Crippen molar-refractivity contribution < 1.29 is 9.90 Å². The third-order valence-corrected chi connectivity index (χ3v) is 3.04. The van der Waals surface area contributed by atoms with Gasteiger partial charge in [-0.05, 0) is 24.1 Å². The average molecular weight is 276 g/mol. The number of aliphatic hydroxyl groups is 1. The normalized spacial score (nSPS) is 12.6. The molecule has 0 aliphatic rings. The SMILES string of the molecule is CC(C)[C@@H](CO)NC(=O)c1ccc(Cl)cc1Cl. The zero-order valence-electron chi connectivity index (χ0n) is 9.71. The summed E-state index contributed by atoms with van der Waals surface area (Å²) in [4.78, 5) is 11.9. The Hall–Kier alpha value is -0.770. The maximum absolute atomic E-state index is 11.9. The number of amides is 1. The van der Waals surface area contributed by atoms with Crippen molar-refractivity contribution in [3.8, 4) is 0 Å². The molecule has 0 radical (unpaired) electrons. The second-order valence-electron chi connectivity index (χ2n) is 4.13. The van der Waals surface area contributed by atoms with Gasteiger partial charge in [0.1, 0.15) is 0 Å². The molecule has 5 heteroatoms. The van der Waals surface area contributed by atoms with Crippen LogP contribution in [0.2, 0.25) is 10.0 Å². The third-order valence-electron chi connectivity index (χ3n) is 2.49. The summed E-state index contributed by atoms with van der Waals surface area (Å²) in [6.45, 7) is 3.74. The van der Waals surface area contributed by atoms with E-state index in [1.165, 1.54) is 6.07 Å². The summed E-state index contributed by atoms with van der Waals surface area (Å²) >= 11 is 11.7. The van der Waals surface area contributed by atoms with Gasteiger partial charge >= 0.3 is 0 Å². The fraction of sp³-hybridized carbons (Fsp3) is 0.417. The Bertz CT molecular complexity index is 407. The van der Waals surface area contributed by atoms with E-state index in [0.717, 1.165) is 0 Å². The Morgan fingerprint density at radius 1 is 1.41 bits per heavy atom. The summed E-state index contributed by atoms with van der Waals surface area (Å²) in [5.74, 6) is -0.158. The fourth-order valence-corrected chi connectivity index (χ4v) is 1.84. The zero-order chi connectivity index (χ0) is 13.0. The third kappa shape index (κ3) is 3.87. The van der Waals surface area contributed by atoms with Crippen LogP contribution in [0.15, 0.2) is 18.2 Å². The molecule has 1 aromatic carbocycles. The zero-order valence-corrected chi connectivity index (χ0v) is 11.2. The minimum absolute atomic E-state index is 0.103. The highest BCUT2D eigenvalue weighted by atomic mass is 35.5. The van der Waals surface area contributed by atoms with Crippen molar-refractivity contribution in [2.45, 2.75) is 19.9 Å². The highest BCUT2D eigenvalue weighted by Crippen LogP contribution is 2.21. The molecule has 1 aromatic rings. The number of aliphatic hydroxyl groups excluding tert-OH is 1. The number of hydrogen-bond donors (Lipinski definition) is 2. The molecule has 94 valence electrons. The number of halogens is 2. The fourth-order valence-electron chi connectivity index (χ4n) is 1.34. The van der Waals surface area contributed by atoms with E-state index in [1.807, 2.05) is 13.8 Å². The van der Waals surface area contributed by atoms with Crippen molar-refractivity contribution in [1.82, 2.24) is 5.32 Å². The van der Waals surface area contributed by atoms with E-state index in [2.05, 4.69) is 5.32 Å². The van der Waals surface area contributed by atoms with E-state index in [9.17, 15) is 4.79 Å². The molecule has 3 nitrogen and oxygen atoms in total. The minimum Gasteiger partial charge on any atom is -0.394 e. The van der Waals surface area contributed by atoms with Crippen LogP contribution in [0, 0.1) is 5.92 Å². The number of rotatable bonds is 4. The van der Waals surface area contributed by atoms with Gasteiger partial charge in [0.25, 0.3) is 5.91 Å². The summed E-state index contributed by atoms with van der Waals surface area (Å²) < 4.78 is 0. The predicted molar refractivity (Wildman–Crippen MR) is 69.6 cm³/mol. The van der Waals surface area contributed by atoms with Gasteiger partial charge in [-0.2, -0.15) is 0 Å². The van der Waals surface area contributed by atoms with E-state index in [4.69, 9.17) is 28.3 Å². The van der Waals surface area contributed by atoms with Gasteiger partial charge < -0.3 is 10.4 Å². The molecule has 0 saturated heterocycles. The monoisotopic (exact) mass is 275 g/mol. The summed E-state index contributed by atoms with van der Waals surface area (Å²) in [5, 5.41) is 12.6. The lowest BCUT2D eigenvalue weighted by Gasteiger charge is -2.20. The van der Waals surface area contributed by atoms with Crippen LogP contribution >= 0.6 is 23.2 Å². The molecule has 0 aromatic heterocycles. The highest BCUT2D eigenvalue weighted by molar-refractivity contribution is 6.36. The van der Waals surface area contributed by atoms with Gasteiger partial charge in [0.05, 0.1) is 23.2 Å². The summed E-state index contributed by atoms with van der Waals surface area (Å²) in [5.41, 5.74) is 0.357. The molecular formula is C12H15Cl2NO2. The lowest BCUT2D eigenvalue weighted by molar-refractivity contribution is 0.0897. The van der Waals surface area contributed by atoms with Crippen molar-refractivity contribution >= 4 is 29.1 Å². The van der Waals surface area contributed by atoms with Crippen LogP contribution in [0.25, 0.3) is 0 Å². The molecule has 0 spiro atoms. The first-order valence-electron chi connectivity index (χ1n) is 5.32. The molecule has 1 rings (SSSR count). The number of benzene rings is 1. The molecular weight excluding hydrogens is 261 g/mol. The van der Waals surface area contributed by atoms with E-state index >= 15 is 0 Å². The molecule has 0 heterocycles. The quantitative estimate of drug-likeness (QED) is 0.888. The van der Waals surface area contributed by atoms with Gasteiger partial charge in [-0.1, -0.05) is 37.0 Å². The minimum atomic E-state index is -0.306. The van der Waals surface area contributed by atoms with Gasteiger partial charge in [0.15, 0.2) is 0 Å². The number of nitrogens with one attached hydrogen (secondary N) is 1. The Morgan fingerprint density at radius 2 is 2.06 bits per heavy atom. The number of carbonyl (C=O) groups excluding carboxylic acids is 1. The van der Waals surface area contributed by atoms with Crippen molar-refractivity contribution in [1.29, 1.82) is 0 Å². The Labute approximate surface area is 111 Å². The topological polar surface area (TPSA) is 49.3 Å². The van der Waals surface area contributed by atoms with Gasteiger partial charge in [0.2, 0.25) is 0 Å². The number of hydrogen-bond acceptors (Lipinski definition) is 2. The molecule has 2 N–H and O–H groups in total. The lowest BCUT2D eigenvalue weighted by atomic mass is 10.0. The van der Waals surface area contributed by atoms with E-state index in [0.29, 0.717) is 15.6 Å². The first-order chi connectivity index (χ1) is 7.95. The molecule has 1 amide bonds. The Morgan fingerprint density at radius 3 is 2.53 bits per heavy atom. The molecule has 17 heavy (non-hydrogen) atoms. The highest BCUT2D eigenvalue weighted by Gasteiger charge is 2.17. The van der Waals surface area contributed by atoms with Gasteiger partial charge in [0, 0.05) is 5.02 Å². The smallest absolute Gasteiger partial charge is 0.253 e. The second kappa shape index (κ2) is 6.24. The molecule has 0 aliphatic carbocycles. The van der Waals surface area contributed by atoms with Crippen LogP contribution in [-0.4, -0.2) is 23.7 Å². The first kappa shape index (κ1) is 14.3. The van der Waals surface area contributed by atoms with Crippen molar-refractivity contribution in [3.05, 3.63) is 33.8 Å². The van der Waals surface area contributed by atoms with Gasteiger partial charge in [-0.25, -0.2) is 0 Å². The van der Waals surface area contributed by atoms with E-state index < -0.39 is 0 Å². The van der Waals surface area contributed by atoms with E-state index in [1.54, 1.807) is 12.1 Å². The number of carbonyl (C=O) groups is 1. The predicted octanol–water partition coefficient (Wildman–Crippen LogP) is 2.74. The van der Waals surface area contributed by atoms with Crippen LogP contribution in [0.3, 0.4) is 0 Å². The van der Waals surface area contributed by atoms with Gasteiger partial charge in [-0.3, -0.25) is 4.79 Å². The largest absolute Gasteiger partial charge is 0.394 e. The van der Waals surface area contributed by atoms with Crippen molar-refractivity contribution in [2.75, 3.05) is 6.61 Å². The van der Waals surface area contributed by atoms with Crippen LogP contribution in [-0.2, 0) is 0 Å². The van der Waals surface area contributed by atoms with Crippen LogP contribution in [0.4, 0.5) is 0 Å². The van der Waals surface area contributed by atoms with Crippen LogP contribution < -0.4 is 5.32 Å². The van der Waals surface area contributed by atoms with Crippen LogP contribution in [0.1, 0.15) is 24.2 Å². The Kier molecular flexibility index (Phi) is 5.25. The molecule has 0 fully saturated rings. The standard InChI is InChI=1S/C12H15Cl2NO2/c1-7(2)11(6-16)15-12(17)9-4-3-8(13)5-10(9)14/h3-5,7,11,16H,6H2,1-2H3,(H,15,17)/t11-/m1/s1. The summed E-state index contributed by atoms with van der Waals surface area (Å²) in [6.07, 6.45) is 0. The molecule has 1 atom stereocenters. The molecule has 0 bridgehead atoms. The molecule has 0 unspecified atom stereocenters. The van der Waals surface area contributed by atoms with E-state index in [-0.39, 0.29) is 24.5 Å². The maximum Gasteiger partial charge on any atom is 0.253 e. The van der Waals surface area contributed by atoms with Crippen molar-refractivity contribution in [3.63, 3.8) is 0 Å². The van der Waals surface area contributed by atoms with Gasteiger partial charge in [-0.15, -0.1) is 0 Å².